The number of nitrogens with one attached hydrogen (secondary N) is 1. The molecule has 0 aliphatic carbocycles. The standard InChI is InChI=1S/C19H26N4O3S/c1-14(18(24)21-19-20-6-11-27-19)23-9-7-22(8-10-23)13-15-12-16(25-2)4-5-17(15)26-3/h4-6,11-12,14H,7-10,13H2,1-3H3,(H,20,21,24). The smallest absolute Gasteiger partial charge is 0.243 e. The van der Waals surface area contributed by atoms with Gasteiger partial charge in [-0.1, -0.05) is 0 Å². The van der Waals surface area contributed by atoms with Gasteiger partial charge in [0.25, 0.3) is 0 Å². The van der Waals surface area contributed by atoms with Crippen LogP contribution in [-0.4, -0.2) is 67.1 Å². The lowest BCUT2D eigenvalue weighted by atomic mass is 10.1. The molecule has 1 unspecified atom stereocenters. The third-order valence-electron chi connectivity index (χ3n) is 4.88. The minimum Gasteiger partial charge on any atom is -0.497 e. The van der Waals surface area contributed by atoms with Gasteiger partial charge in [-0.05, 0) is 25.1 Å². The van der Waals surface area contributed by atoms with Gasteiger partial charge < -0.3 is 14.8 Å². The summed E-state index contributed by atoms with van der Waals surface area (Å²) in [6, 6.07) is 5.69. The quantitative estimate of drug-likeness (QED) is 0.783. The van der Waals surface area contributed by atoms with Crippen molar-refractivity contribution in [2.75, 3.05) is 45.7 Å². The van der Waals surface area contributed by atoms with Crippen molar-refractivity contribution in [3.8, 4) is 11.5 Å². The Kier molecular flexibility index (Phi) is 6.65. The van der Waals surface area contributed by atoms with Crippen molar-refractivity contribution in [2.24, 2.45) is 0 Å². The highest BCUT2D eigenvalue weighted by Gasteiger charge is 2.26. The second-order valence-electron chi connectivity index (χ2n) is 6.49. The molecule has 146 valence electrons. The van der Waals surface area contributed by atoms with E-state index in [1.165, 1.54) is 11.3 Å². The molecule has 1 amide bonds. The van der Waals surface area contributed by atoms with Gasteiger partial charge in [0.1, 0.15) is 11.5 Å². The number of piperazine rings is 1. The van der Waals surface area contributed by atoms with Crippen molar-refractivity contribution in [2.45, 2.75) is 19.5 Å². The van der Waals surface area contributed by atoms with Gasteiger partial charge >= 0.3 is 0 Å². The molecule has 0 radical (unpaired) electrons. The van der Waals surface area contributed by atoms with Crippen LogP contribution in [0.25, 0.3) is 0 Å². The lowest BCUT2D eigenvalue weighted by Gasteiger charge is -2.37. The van der Waals surface area contributed by atoms with Crippen molar-refractivity contribution < 1.29 is 14.3 Å². The number of methoxy groups -OCH3 is 2. The first kappa shape index (κ1) is 19.6. The number of benzene rings is 1. The van der Waals surface area contributed by atoms with Crippen LogP contribution < -0.4 is 14.8 Å². The molecular weight excluding hydrogens is 364 g/mol. The third-order valence-corrected chi connectivity index (χ3v) is 5.57. The summed E-state index contributed by atoms with van der Waals surface area (Å²) in [6.07, 6.45) is 1.69. The molecule has 1 aliphatic heterocycles. The van der Waals surface area contributed by atoms with Gasteiger partial charge in [0, 0.05) is 49.9 Å². The zero-order valence-electron chi connectivity index (χ0n) is 16.0. The maximum Gasteiger partial charge on any atom is 0.243 e. The second kappa shape index (κ2) is 9.16. The molecule has 1 aromatic heterocycles. The van der Waals surface area contributed by atoms with Gasteiger partial charge in [0.05, 0.1) is 20.3 Å². The molecular formula is C19H26N4O3S. The Morgan fingerprint density at radius 2 is 2.04 bits per heavy atom. The van der Waals surface area contributed by atoms with E-state index in [1.54, 1.807) is 20.4 Å². The summed E-state index contributed by atoms with van der Waals surface area (Å²) >= 11 is 1.43. The number of anilines is 1. The predicted molar refractivity (Wildman–Crippen MR) is 107 cm³/mol. The zero-order valence-corrected chi connectivity index (χ0v) is 16.8. The fourth-order valence-electron chi connectivity index (χ4n) is 3.22. The van der Waals surface area contributed by atoms with E-state index in [1.807, 2.05) is 30.5 Å². The van der Waals surface area contributed by atoms with E-state index >= 15 is 0 Å². The highest BCUT2D eigenvalue weighted by atomic mass is 32.1. The molecule has 0 spiro atoms. The number of thiazole rings is 1. The Hall–Kier alpha value is -2.16. The van der Waals surface area contributed by atoms with Gasteiger partial charge in [0.15, 0.2) is 5.13 Å². The van der Waals surface area contributed by atoms with Gasteiger partial charge in [-0.15, -0.1) is 11.3 Å². The van der Waals surface area contributed by atoms with Crippen molar-refractivity contribution >= 4 is 22.4 Å². The molecule has 1 aromatic carbocycles. The highest BCUT2D eigenvalue weighted by Crippen LogP contribution is 2.25. The molecule has 0 saturated carbocycles. The van der Waals surface area contributed by atoms with Gasteiger partial charge in [-0.2, -0.15) is 0 Å². The number of carbonyl (C=O) groups is 1. The van der Waals surface area contributed by atoms with Gasteiger partial charge in [-0.3, -0.25) is 14.6 Å². The van der Waals surface area contributed by atoms with Gasteiger partial charge in [-0.25, -0.2) is 4.98 Å². The summed E-state index contributed by atoms with van der Waals surface area (Å²) in [7, 11) is 3.36. The van der Waals surface area contributed by atoms with Crippen LogP contribution in [0, 0.1) is 0 Å². The summed E-state index contributed by atoms with van der Waals surface area (Å²) in [6.45, 7) is 6.24. The van der Waals surface area contributed by atoms with Crippen molar-refractivity contribution in [3.63, 3.8) is 0 Å². The van der Waals surface area contributed by atoms with Crippen LogP contribution in [0.3, 0.4) is 0 Å². The molecule has 1 saturated heterocycles. The number of hydrogen-bond acceptors (Lipinski definition) is 7. The topological polar surface area (TPSA) is 66.9 Å². The summed E-state index contributed by atoms with van der Waals surface area (Å²) in [4.78, 5) is 21.1. The number of nitrogens with zero attached hydrogens (tertiary/aromatic N) is 3. The SMILES string of the molecule is COc1ccc(OC)c(CN2CCN(C(C)C(=O)Nc3nccs3)CC2)c1. The van der Waals surface area contributed by atoms with Crippen LogP contribution >= 0.6 is 11.3 Å². The predicted octanol–water partition coefficient (Wildman–Crippen LogP) is 2.31. The summed E-state index contributed by atoms with van der Waals surface area (Å²) < 4.78 is 10.8. The molecule has 1 N–H and O–H groups in total. The average Bonchev–Trinajstić information content (AvgIpc) is 3.21. The highest BCUT2D eigenvalue weighted by molar-refractivity contribution is 7.13. The van der Waals surface area contributed by atoms with E-state index in [4.69, 9.17) is 9.47 Å². The van der Waals surface area contributed by atoms with E-state index in [0.717, 1.165) is 49.8 Å². The molecule has 8 heteroatoms. The molecule has 1 fully saturated rings. The maximum atomic E-state index is 12.4. The largest absolute Gasteiger partial charge is 0.497 e. The summed E-state index contributed by atoms with van der Waals surface area (Å²) in [5, 5.41) is 5.38. The minimum atomic E-state index is -0.178. The van der Waals surface area contributed by atoms with Crippen LogP contribution in [0.5, 0.6) is 11.5 Å². The van der Waals surface area contributed by atoms with Crippen LogP contribution in [0.4, 0.5) is 5.13 Å². The number of ether oxygens (including phenoxy) is 2. The van der Waals surface area contributed by atoms with Crippen LogP contribution in [0.1, 0.15) is 12.5 Å². The average molecular weight is 391 g/mol. The number of rotatable bonds is 7. The third kappa shape index (κ3) is 4.97. The Labute approximate surface area is 163 Å². The zero-order chi connectivity index (χ0) is 19.2. The van der Waals surface area contributed by atoms with E-state index in [2.05, 4.69) is 20.1 Å². The minimum absolute atomic E-state index is 0.00661. The molecule has 2 aromatic rings. The molecule has 27 heavy (non-hydrogen) atoms. The first-order valence-electron chi connectivity index (χ1n) is 8.98. The summed E-state index contributed by atoms with van der Waals surface area (Å²) in [5.41, 5.74) is 1.11. The number of aromatic nitrogens is 1. The Bertz CT molecular complexity index is 745. The van der Waals surface area contributed by atoms with Crippen LogP contribution in [-0.2, 0) is 11.3 Å². The Morgan fingerprint density at radius 1 is 1.26 bits per heavy atom. The van der Waals surface area contributed by atoms with E-state index < -0.39 is 0 Å². The lowest BCUT2D eigenvalue weighted by Crippen LogP contribution is -2.52. The number of amides is 1. The Morgan fingerprint density at radius 3 is 2.67 bits per heavy atom. The van der Waals surface area contributed by atoms with E-state index in [-0.39, 0.29) is 11.9 Å². The van der Waals surface area contributed by atoms with Crippen molar-refractivity contribution in [1.82, 2.24) is 14.8 Å². The van der Waals surface area contributed by atoms with Crippen LogP contribution in [0.2, 0.25) is 0 Å². The van der Waals surface area contributed by atoms with E-state index in [0.29, 0.717) is 5.13 Å². The number of hydrogen-bond donors (Lipinski definition) is 1. The molecule has 1 aliphatic rings. The van der Waals surface area contributed by atoms with Gasteiger partial charge in [0.2, 0.25) is 5.91 Å². The second-order valence-corrected chi connectivity index (χ2v) is 7.39. The summed E-state index contributed by atoms with van der Waals surface area (Å²) in [5.74, 6) is 1.69. The molecule has 7 nitrogen and oxygen atoms in total. The fraction of sp³-hybridized carbons (Fsp3) is 0.474. The van der Waals surface area contributed by atoms with Crippen LogP contribution in [0.15, 0.2) is 29.8 Å². The monoisotopic (exact) mass is 390 g/mol. The maximum absolute atomic E-state index is 12.4. The van der Waals surface area contributed by atoms with E-state index in [9.17, 15) is 4.79 Å². The fourth-order valence-corrected chi connectivity index (χ4v) is 3.75. The molecule has 1 atom stereocenters. The molecule has 2 heterocycles. The normalized spacial score (nSPS) is 16.7. The van der Waals surface area contributed by atoms with Crippen molar-refractivity contribution in [1.29, 1.82) is 0 Å². The Balaban J connectivity index is 1.53. The first-order valence-corrected chi connectivity index (χ1v) is 9.86. The lowest BCUT2D eigenvalue weighted by molar-refractivity contribution is -0.121. The molecule has 3 rings (SSSR count). The number of carbonyl (C=O) groups excluding carboxylic acids is 1. The first-order chi connectivity index (χ1) is 13.1. The van der Waals surface area contributed by atoms with Crippen molar-refractivity contribution in [3.05, 3.63) is 35.3 Å². The molecule has 0 bridgehead atoms.